The molecule has 3 rings (SSSR count). The third kappa shape index (κ3) is 5.84. The number of benzene rings is 1. The van der Waals surface area contributed by atoms with E-state index in [-0.39, 0.29) is 11.8 Å². The average molecular weight is 402 g/mol. The second-order valence-corrected chi connectivity index (χ2v) is 8.50. The molecule has 1 atom stereocenters. The van der Waals surface area contributed by atoms with Crippen molar-refractivity contribution in [2.24, 2.45) is 5.92 Å². The molecule has 0 aliphatic carbocycles. The Balaban J connectivity index is 1.46. The van der Waals surface area contributed by atoms with Gasteiger partial charge >= 0.3 is 0 Å². The number of aryl methyl sites for hydroxylation is 1. The maximum absolute atomic E-state index is 12.4. The number of anilines is 1. The van der Waals surface area contributed by atoms with E-state index in [1.165, 1.54) is 24.2 Å². The van der Waals surface area contributed by atoms with E-state index in [0.717, 1.165) is 37.0 Å². The Hall–Kier alpha value is -2.32. The van der Waals surface area contributed by atoms with Gasteiger partial charge in [-0.25, -0.2) is 0 Å². The summed E-state index contributed by atoms with van der Waals surface area (Å²) in [6.45, 7) is 8.07. The zero-order chi connectivity index (χ0) is 19.9. The van der Waals surface area contributed by atoms with Crippen LogP contribution in [0.2, 0.25) is 0 Å². The summed E-state index contributed by atoms with van der Waals surface area (Å²) in [6, 6.07) is 6.92. The molecule has 150 valence electrons. The number of rotatable bonds is 7. The van der Waals surface area contributed by atoms with Crippen LogP contribution < -0.4 is 10.6 Å². The number of hydrogen-bond acceptors (Lipinski definition) is 6. The van der Waals surface area contributed by atoms with Crippen LogP contribution in [0.3, 0.4) is 0 Å². The Bertz CT molecular complexity index is 822. The molecule has 0 bridgehead atoms. The number of nitrogens with zero attached hydrogens (tertiary/aromatic N) is 3. The fourth-order valence-corrected chi connectivity index (χ4v) is 3.99. The first-order valence-corrected chi connectivity index (χ1v) is 10.5. The lowest BCUT2D eigenvalue weighted by molar-refractivity contribution is 0.0948. The van der Waals surface area contributed by atoms with E-state index in [0.29, 0.717) is 22.8 Å². The first-order chi connectivity index (χ1) is 13.5. The van der Waals surface area contributed by atoms with E-state index in [1.807, 2.05) is 0 Å². The lowest BCUT2D eigenvalue weighted by Gasteiger charge is -2.30. The van der Waals surface area contributed by atoms with Crippen LogP contribution in [0.15, 0.2) is 24.3 Å². The summed E-state index contributed by atoms with van der Waals surface area (Å²) in [6.07, 6.45) is 3.52. The van der Waals surface area contributed by atoms with Crippen molar-refractivity contribution in [2.75, 3.05) is 31.5 Å². The predicted octanol–water partition coefficient (Wildman–Crippen LogP) is 2.95. The number of amides is 2. The van der Waals surface area contributed by atoms with E-state index in [2.05, 4.69) is 32.7 Å². The van der Waals surface area contributed by atoms with Crippen LogP contribution in [0.4, 0.5) is 5.69 Å². The highest BCUT2D eigenvalue weighted by Crippen LogP contribution is 2.16. The van der Waals surface area contributed by atoms with Crippen LogP contribution in [0.5, 0.6) is 0 Å². The van der Waals surface area contributed by atoms with Crippen LogP contribution in [0, 0.1) is 12.8 Å². The summed E-state index contributed by atoms with van der Waals surface area (Å²) < 4.78 is 0. The van der Waals surface area contributed by atoms with Crippen molar-refractivity contribution in [1.82, 2.24) is 20.4 Å². The van der Waals surface area contributed by atoms with Crippen LogP contribution >= 0.6 is 11.3 Å². The summed E-state index contributed by atoms with van der Waals surface area (Å²) in [5.41, 5.74) is 1.09. The molecule has 0 spiro atoms. The Kier molecular flexibility index (Phi) is 7.11. The zero-order valence-electron chi connectivity index (χ0n) is 16.4. The standard InChI is InChI=1S/C20H27N5O2S/c1-14-6-4-10-25(13-14)11-5-9-21-18(26)16-7-3-8-17(12-16)22-19(27)20-24-23-15(2)28-20/h3,7-8,12,14H,4-6,9-11,13H2,1-2H3,(H,21,26)(H,22,27)/t14-/m0/s1. The Morgan fingerprint density at radius 3 is 2.89 bits per heavy atom. The molecular weight excluding hydrogens is 374 g/mol. The Morgan fingerprint density at radius 1 is 1.29 bits per heavy atom. The van der Waals surface area contributed by atoms with E-state index in [4.69, 9.17) is 0 Å². The molecular formula is C20H27N5O2S. The van der Waals surface area contributed by atoms with Gasteiger partial charge in [0.25, 0.3) is 11.8 Å². The van der Waals surface area contributed by atoms with Gasteiger partial charge in [-0.05, 0) is 63.4 Å². The van der Waals surface area contributed by atoms with Gasteiger partial charge in [-0.15, -0.1) is 10.2 Å². The molecule has 2 heterocycles. The average Bonchev–Trinajstić information content (AvgIpc) is 3.12. The minimum atomic E-state index is -0.320. The number of aromatic nitrogens is 2. The van der Waals surface area contributed by atoms with Crippen LogP contribution in [-0.4, -0.2) is 53.1 Å². The zero-order valence-corrected chi connectivity index (χ0v) is 17.2. The van der Waals surface area contributed by atoms with Gasteiger partial charge in [0.15, 0.2) is 0 Å². The van der Waals surface area contributed by atoms with E-state index < -0.39 is 0 Å². The maximum atomic E-state index is 12.4. The third-order valence-corrected chi connectivity index (χ3v) is 5.62. The number of hydrogen-bond donors (Lipinski definition) is 2. The molecule has 1 fully saturated rings. The van der Waals surface area contributed by atoms with Crippen molar-refractivity contribution in [3.8, 4) is 0 Å². The molecule has 2 aromatic rings. The SMILES string of the molecule is Cc1nnc(C(=O)Nc2cccc(C(=O)NCCCN3CCC[C@H](C)C3)c2)s1. The second kappa shape index (κ2) is 9.75. The molecule has 0 radical (unpaired) electrons. The van der Waals surface area contributed by atoms with Gasteiger partial charge in [0.2, 0.25) is 5.01 Å². The van der Waals surface area contributed by atoms with Crippen molar-refractivity contribution in [3.63, 3.8) is 0 Å². The quantitative estimate of drug-likeness (QED) is 0.697. The summed E-state index contributed by atoms with van der Waals surface area (Å²) >= 11 is 1.23. The van der Waals surface area contributed by atoms with Crippen LogP contribution in [0.1, 0.15) is 51.4 Å². The van der Waals surface area contributed by atoms with Crippen molar-refractivity contribution in [2.45, 2.75) is 33.1 Å². The lowest BCUT2D eigenvalue weighted by atomic mass is 10.0. The molecule has 2 N–H and O–H groups in total. The van der Waals surface area contributed by atoms with Crippen molar-refractivity contribution < 1.29 is 9.59 Å². The molecule has 2 amide bonds. The van der Waals surface area contributed by atoms with Crippen molar-refractivity contribution in [3.05, 3.63) is 39.8 Å². The normalized spacial score (nSPS) is 17.3. The van der Waals surface area contributed by atoms with Crippen molar-refractivity contribution in [1.29, 1.82) is 0 Å². The minimum Gasteiger partial charge on any atom is -0.352 e. The number of likely N-dealkylation sites (tertiary alicyclic amines) is 1. The van der Waals surface area contributed by atoms with Gasteiger partial charge in [-0.1, -0.05) is 24.3 Å². The Labute approximate surface area is 169 Å². The first kappa shape index (κ1) is 20.4. The molecule has 0 saturated carbocycles. The van der Waals surface area contributed by atoms with Crippen LogP contribution in [-0.2, 0) is 0 Å². The summed E-state index contributed by atoms with van der Waals surface area (Å²) in [5, 5.41) is 14.4. The second-order valence-electron chi connectivity index (χ2n) is 7.32. The number of nitrogens with one attached hydrogen (secondary N) is 2. The molecule has 1 aromatic heterocycles. The van der Waals surface area contributed by atoms with E-state index >= 15 is 0 Å². The van der Waals surface area contributed by atoms with Gasteiger partial charge in [0, 0.05) is 24.3 Å². The smallest absolute Gasteiger partial charge is 0.286 e. The van der Waals surface area contributed by atoms with E-state index in [9.17, 15) is 9.59 Å². The first-order valence-electron chi connectivity index (χ1n) is 9.73. The summed E-state index contributed by atoms with van der Waals surface area (Å²) in [4.78, 5) is 27.1. The molecule has 0 unspecified atom stereocenters. The highest BCUT2D eigenvalue weighted by atomic mass is 32.1. The van der Waals surface area contributed by atoms with Gasteiger partial charge in [-0.3, -0.25) is 9.59 Å². The van der Waals surface area contributed by atoms with Crippen LogP contribution in [0.25, 0.3) is 0 Å². The van der Waals surface area contributed by atoms with Gasteiger partial charge < -0.3 is 15.5 Å². The maximum Gasteiger partial charge on any atom is 0.286 e. The number of carbonyl (C=O) groups is 2. The molecule has 28 heavy (non-hydrogen) atoms. The number of piperidine rings is 1. The van der Waals surface area contributed by atoms with E-state index in [1.54, 1.807) is 31.2 Å². The molecule has 1 aromatic carbocycles. The molecule has 1 saturated heterocycles. The minimum absolute atomic E-state index is 0.130. The molecule has 8 heteroatoms. The number of carbonyl (C=O) groups excluding carboxylic acids is 2. The monoisotopic (exact) mass is 401 g/mol. The van der Waals surface area contributed by atoms with Gasteiger partial charge in [0.05, 0.1) is 0 Å². The Morgan fingerprint density at radius 2 is 2.14 bits per heavy atom. The molecule has 1 aliphatic heterocycles. The fourth-order valence-electron chi connectivity index (χ4n) is 3.41. The third-order valence-electron chi connectivity index (χ3n) is 4.78. The molecule has 7 nitrogen and oxygen atoms in total. The lowest BCUT2D eigenvalue weighted by Crippen LogP contribution is -2.36. The molecule has 1 aliphatic rings. The topological polar surface area (TPSA) is 87.2 Å². The van der Waals surface area contributed by atoms with Gasteiger partial charge in [-0.2, -0.15) is 0 Å². The highest BCUT2D eigenvalue weighted by Gasteiger charge is 2.16. The van der Waals surface area contributed by atoms with Crippen molar-refractivity contribution >= 4 is 28.8 Å². The van der Waals surface area contributed by atoms with Gasteiger partial charge in [0.1, 0.15) is 5.01 Å². The fraction of sp³-hybridized carbons (Fsp3) is 0.500. The summed E-state index contributed by atoms with van der Waals surface area (Å²) in [7, 11) is 0. The predicted molar refractivity (Wildman–Crippen MR) is 111 cm³/mol. The highest BCUT2D eigenvalue weighted by molar-refractivity contribution is 7.13. The largest absolute Gasteiger partial charge is 0.352 e. The summed E-state index contributed by atoms with van der Waals surface area (Å²) in [5.74, 6) is 0.319.